The molecule has 0 aliphatic rings. The molecule has 34 heavy (non-hydrogen) atoms. The molecule has 0 radical (unpaired) electrons. The van der Waals surface area contributed by atoms with Crippen LogP contribution in [0.25, 0.3) is 10.9 Å². The van der Waals surface area contributed by atoms with Crippen molar-refractivity contribution in [2.24, 2.45) is 5.10 Å². The van der Waals surface area contributed by atoms with Gasteiger partial charge in [0.05, 0.1) is 13.3 Å². The maximum absolute atomic E-state index is 12.0. The van der Waals surface area contributed by atoms with Crippen LogP contribution in [0.5, 0.6) is 17.2 Å². The van der Waals surface area contributed by atoms with Crippen molar-refractivity contribution in [3.8, 4) is 17.2 Å². The Morgan fingerprint density at radius 3 is 2.68 bits per heavy atom. The third-order valence-corrected chi connectivity index (χ3v) is 5.12. The first kappa shape index (κ1) is 23.1. The van der Waals surface area contributed by atoms with Gasteiger partial charge >= 0.3 is 0 Å². The van der Waals surface area contributed by atoms with Crippen molar-refractivity contribution in [3.63, 3.8) is 0 Å². The first-order valence-electron chi connectivity index (χ1n) is 10.5. The number of hydrazone groups is 1. The molecule has 4 aromatic rings. The van der Waals surface area contributed by atoms with Gasteiger partial charge in [0.2, 0.25) is 0 Å². The monoisotopic (exact) mass is 475 g/mol. The number of hydrogen-bond acceptors (Lipinski definition) is 6. The quantitative estimate of drug-likeness (QED) is 0.272. The molecular weight excluding hydrogens is 454 g/mol. The fourth-order valence-electron chi connectivity index (χ4n) is 3.23. The highest BCUT2D eigenvalue weighted by molar-refractivity contribution is 6.30. The standard InChI is InChI=1S/C26H22ClN3O4/c1-32-23-12-7-18(15-29-30-25(31)17-33-22-10-8-21(27)9-11-22)14-20(23)16-34-24-6-2-4-19-5-3-13-28-26(19)24/h2-15H,16-17H2,1H3,(H,30,31)/b29-15-. The predicted octanol–water partition coefficient (Wildman–Crippen LogP) is 5.00. The molecule has 0 fully saturated rings. The molecule has 1 aromatic heterocycles. The predicted molar refractivity (Wildman–Crippen MR) is 132 cm³/mol. The Balaban J connectivity index is 1.37. The maximum atomic E-state index is 12.0. The second kappa shape index (κ2) is 11.2. The van der Waals surface area contributed by atoms with E-state index in [4.69, 9.17) is 25.8 Å². The number of pyridine rings is 1. The fraction of sp³-hybridized carbons (Fsp3) is 0.115. The summed E-state index contributed by atoms with van der Waals surface area (Å²) in [5.74, 6) is 1.54. The van der Waals surface area contributed by atoms with E-state index in [-0.39, 0.29) is 19.1 Å². The van der Waals surface area contributed by atoms with Crippen LogP contribution in [0, 0.1) is 0 Å². The van der Waals surface area contributed by atoms with Gasteiger partial charge in [-0.2, -0.15) is 5.10 Å². The summed E-state index contributed by atoms with van der Waals surface area (Å²) in [5, 5.41) is 5.61. The second-order valence-corrected chi connectivity index (χ2v) is 7.66. The van der Waals surface area contributed by atoms with E-state index < -0.39 is 0 Å². The molecule has 0 aliphatic heterocycles. The van der Waals surface area contributed by atoms with Gasteiger partial charge in [-0.15, -0.1) is 0 Å². The fourth-order valence-corrected chi connectivity index (χ4v) is 3.36. The molecule has 1 N–H and O–H groups in total. The van der Waals surface area contributed by atoms with Crippen LogP contribution in [-0.4, -0.2) is 30.8 Å². The molecule has 0 saturated carbocycles. The van der Waals surface area contributed by atoms with Gasteiger partial charge in [-0.1, -0.05) is 29.8 Å². The Bertz CT molecular complexity index is 1300. The zero-order chi connectivity index (χ0) is 23.8. The van der Waals surface area contributed by atoms with Crippen molar-refractivity contribution in [2.75, 3.05) is 13.7 Å². The maximum Gasteiger partial charge on any atom is 0.277 e. The number of fused-ring (bicyclic) bond motifs is 1. The van der Waals surface area contributed by atoms with Gasteiger partial charge in [0.15, 0.2) is 6.61 Å². The van der Waals surface area contributed by atoms with Crippen molar-refractivity contribution in [2.45, 2.75) is 6.61 Å². The number of carbonyl (C=O) groups is 1. The number of aromatic nitrogens is 1. The highest BCUT2D eigenvalue weighted by Crippen LogP contribution is 2.26. The van der Waals surface area contributed by atoms with E-state index in [0.717, 1.165) is 22.0 Å². The zero-order valence-corrected chi connectivity index (χ0v) is 19.2. The number of methoxy groups -OCH3 is 1. The van der Waals surface area contributed by atoms with E-state index >= 15 is 0 Å². The number of hydrogen-bond donors (Lipinski definition) is 1. The van der Waals surface area contributed by atoms with E-state index in [1.54, 1.807) is 43.8 Å². The number of benzene rings is 3. The van der Waals surface area contributed by atoms with Crippen molar-refractivity contribution in [1.29, 1.82) is 0 Å². The van der Waals surface area contributed by atoms with Gasteiger partial charge in [0.1, 0.15) is 29.4 Å². The molecule has 0 atom stereocenters. The summed E-state index contributed by atoms with van der Waals surface area (Å²) in [7, 11) is 1.60. The average molecular weight is 476 g/mol. The van der Waals surface area contributed by atoms with E-state index in [0.29, 0.717) is 22.3 Å². The lowest BCUT2D eigenvalue weighted by Gasteiger charge is -2.12. The molecule has 0 spiro atoms. The number of rotatable bonds is 9. The highest BCUT2D eigenvalue weighted by Gasteiger charge is 2.08. The molecule has 7 nitrogen and oxygen atoms in total. The van der Waals surface area contributed by atoms with Gasteiger partial charge in [0.25, 0.3) is 5.91 Å². The number of nitrogens with zero attached hydrogens (tertiary/aromatic N) is 2. The zero-order valence-electron chi connectivity index (χ0n) is 18.4. The molecule has 3 aromatic carbocycles. The Kier molecular flexibility index (Phi) is 7.57. The SMILES string of the molecule is COc1ccc(/C=N\NC(=O)COc2ccc(Cl)cc2)cc1COc1cccc2cccnc12. The highest BCUT2D eigenvalue weighted by atomic mass is 35.5. The summed E-state index contributed by atoms with van der Waals surface area (Å²) in [4.78, 5) is 16.4. The molecule has 1 amide bonds. The number of carbonyl (C=O) groups excluding carboxylic acids is 1. The van der Waals surface area contributed by atoms with Crippen LogP contribution in [0.15, 0.2) is 84.1 Å². The summed E-state index contributed by atoms with van der Waals surface area (Å²) in [6, 6.07) is 22.0. The topological polar surface area (TPSA) is 82.0 Å². The normalized spacial score (nSPS) is 10.9. The van der Waals surface area contributed by atoms with E-state index in [2.05, 4.69) is 15.5 Å². The van der Waals surface area contributed by atoms with Crippen LogP contribution in [0.3, 0.4) is 0 Å². The summed E-state index contributed by atoms with van der Waals surface area (Å²) >= 11 is 5.83. The van der Waals surface area contributed by atoms with Crippen LogP contribution in [-0.2, 0) is 11.4 Å². The first-order valence-corrected chi connectivity index (χ1v) is 10.8. The van der Waals surface area contributed by atoms with Gasteiger partial charge in [-0.3, -0.25) is 9.78 Å². The third kappa shape index (κ3) is 6.02. The lowest BCUT2D eigenvalue weighted by Crippen LogP contribution is -2.24. The molecule has 8 heteroatoms. The molecule has 0 aliphatic carbocycles. The van der Waals surface area contributed by atoms with Crippen molar-refractivity contribution in [3.05, 3.63) is 95.1 Å². The van der Waals surface area contributed by atoms with Gasteiger partial charge < -0.3 is 14.2 Å². The van der Waals surface area contributed by atoms with Crippen molar-refractivity contribution in [1.82, 2.24) is 10.4 Å². The minimum atomic E-state index is -0.383. The summed E-state index contributed by atoms with van der Waals surface area (Å²) in [5.41, 5.74) is 4.85. The molecule has 0 bridgehead atoms. The summed E-state index contributed by atoms with van der Waals surface area (Å²) in [6.45, 7) is 0.113. The summed E-state index contributed by atoms with van der Waals surface area (Å²) in [6.07, 6.45) is 3.28. The molecular formula is C26H22ClN3O4. The Labute approximate surface area is 201 Å². The molecule has 4 rings (SSSR count). The van der Waals surface area contributed by atoms with Crippen molar-refractivity contribution < 1.29 is 19.0 Å². The smallest absolute Gasteiger partial charge is 0.277 e. The second-order valence-electron chi connectivity index (χ2n) is 7.23. The average Bonchev–Trinajstić information content (AvgIpc) is 2.87. The lowest BCUT2D eigenvalue weighted by atomic mass is 10.1. The molecule has 1 heterocycles. The first-order chi connectivity index (χ1) is 16.6. The van der Waals surface area contributed by atoms with E-state index in [1.807, 2.05) is 48.5 Å². The Morgan fingerprint density at radius 2 is 1.85 bits per heavy atom. The number of ether oxygens (including phenoxy) is 3. The van der Waals surface area contributed by atoms with E-state index in [9.17, 15) is 4.79 Å². The minimum Gasteiger partial charge on any atom is -0.496 e. The Morgan fingerprint density at radius 1 is 1.03 bits per heavy atom. The molecule has 0 unspecified atom stereocenters. The molecule has 172 valence electrons. The van der Waals surface area contributed by atoms with Crippen LogP contribution in [0.2, 0.25) is 5.02 Å². The van der Waals surface area contributed by atoms with Crippen LogP contribution in [0.1, 0.15) is 11.1 Å². The Hall–Kier alpha value is -4.10. The molecule has 0 saturated heterocycles. The largest absolute Gasteiger partial charge is 0.496 e. The third-order valence-electron chi connectivity index (χ3n) is 4.87. The minimum absolute atomic E-state index is 0.167. The summed E-state index contributed by atoms with van der Waals surface area (Å²) < 4.78 is 16.9. The number of amides is 1. The van der Waals surface area contributed by atoms with Gasteiger partial charge in [0, 0.05) is 22.2 Å². The van der Waals surface area contributed by atoms with Crippen LogP contribution in [0.4, 0.5) is 0 Å². The number of para-hydroxylation sites is 1. The van der Waals surface area contributed by atoms with Crippen molar-refractivity contribution >= 4 is 34.6 Å². The lowest BCUT2D eigenvalue weighted by molar-refractivity contribution is -0.123. The van der Waals surface area contributed by atoms with Crippen LogP contribution >= 0.6 is 11.6 Å². The van der Waals surface area contributed by atoms with E-state index in [1.165, 1.54) is 0 Å². The number of halogens is 1. The van der Waals surface area contributed by atoms with Crippen LogP contribution < -0.4 is 19.6 Å². The number of nitrogens with one attached hydrogen (secondary N) is 1. The van der Waals surface area contributed by atoms with Gasteiger partial charge in [-0.05, 0) is 60.2 Å². The van der Waals surface area contributed by atoms with Gasteiger partial charge in [-0.25, -0.2) is 5.43 Å².